The average Bonchev–Trinajstić information content (AvgIpc) is 2.73. The van der Waals surface area contributed by atoms with Crippen molar-refractivity contribution in [1.29, 1.82) is 0 Å². The van der Waals surface area contributed by atoms with Gasteiger partial charge >= 0.3 is 0 Å². The van der Waals surface area contributed by atoms with Gasteiger partial charge in [0, 0.05) is 61.4 Å². The SMILES string of the molecule is O=C(CCN1CCN(c2cccc(Cl)c2)CC1)Nc1cccc2cccnc12. The quantitative estimate of drug-likeness (QED) is 0.709. The van der Waals surface area contributed by atoms with Crippen LogP contribution >= 0.6 is 11.6 Å². The van der Waals surface area contributed by atoms with E-state index in [1.165, 1.54) is 0 Å². The number of carbonyl (C=O) groups excluding carboxylic acids is 1. The topological polar surface area (TPSA) is 48.5 Å². The molecule has 2 heterocycles. The van der Waals surface area contributed by atoms with Gasteiger partial charge in [-0.25, -0.2) is 0 Å². The molecular weight excluding hydrogens is 372 g/mol. The molecule has 144 valence electrons. The fourth-order valence-electron chi connectivity index (χ4n) is 3.58. The molecule has 3 aromatic rings. The Morgan fingerprint density at radius 1 is 1.04 bits per heavy atom. The Bertz CT molecular complexity index is 964. The largest absolute Gasteiger partial charge is 0.369 e. The molecule has 4 rings (SSSR count). The van der Waals surface area contributed by atoms with Gasteiger partial charge in [-0.2, -0.15) is 0 Å². The van der Waals surface area contributed by atoms with Crippen LogP contribution in [0.4, 0.5) is 11.4 Å². The van der Waals surface area contributed by atoms with Gasteiger partial charge in [0.05, 0.1) is 11.2 Å². The fraction of sp³-hybridized carbons (Fsp3) is 0.273. The van der Waals surface area contributed by atoms with Gasteiger partial charge in [0.2, 0.25) is 5.91 Å². The molecular formula is C22H23ClN4O. The summed E-state index contributed by atoms with van der Waals surface area (Å²) in [6.07, 6.45) is 2.22. The van der Waals surface area contributed by atoms with Crippen LogP contribution in [0.2, 0.25) is 5.02 Å². The highest BCUT2D eigenvalue weighted by molar-refractivity contribution is 6.30. The molecule has 28 heavy (non-hydrogen) atoms. The lowest BCUT2D eigenvalue weighted by atomic mass is 10.2. The molecule has 0 spiro atoms. The summed E-state index contributed by atoms with van der Waals surface area (Å²) >= 11 is 6.09. The van der Waals surface area contributed by atoms with Gasteiger partial charge in [0.15, 0.2) is 0 Å². The number of fused-ring (bicyclic) bond motifs is 1. The van der Waals surface area contributed by atoms with Gasteiger partial charge in [-0.15, -0.1) is 0 Å². The van der Waals surface area contributed by atoms with E-state index in [1.807, 2.05) is 48.5 Å². The molecule has 0 radical (unpaired) electrons. The number of para-hydroxylation sites is 1. The number of hydrogen-bond acceptors (Lipinski definition) is 4. The van der Waals surface area contributed by atoms with Gasteiger partial charge in [-0.05, 0) is 30.3 Å². The van der Waals surface area contributed by atoms with Crippen LogP contribution in [-0.4, -0.2) is 48.5 Å². The number of carbonyl (C=O) groups is 1. The third kappa shape index (κ3) is 4.43. The number of anilines is 2. The minimum absolute atomic E-state index is 0.0235. The number of amides is 1. The third-order valence-electron chi connectivity index (χ3n) is 5.11. The van der Waals surface area contributed by atoms with Crippen LogP contribution in [0.1, 0.15) is 6.42 Å². The second kappa shape index (κ2) is 8.59. The van der Waals surface area contributed by atoms with Crippen molar-refractivity contribution >= 4 is 39.8 Å². The molecule has 2 aromatic carbocycles. The molecule has 0 atom stereocenters. The minimum Gasteiger partial charge on any atom is -0.369 e. The number of rotatable bonds is 5. The molecule has 1 saturated heterocycles. The molecule has 0 bridgehead atoms. The molecule has 0 unspecified atom stereocenters. The van der Waals surface area contributed by atoms with Crippen molar-refractivity contribution in [2.45, 2.75) is 6.42 Å². The number of hydrogen-bond donors (Lipinski definition) is 1. The van der Waals surface area contributed by atoms with E-state index in [0.717, 1.165) is 60.0 Å². The molecule has 6 heteroatoms. The number of halogens is 1. The first-order valence-electron chi connectivity index (χ1n) is 9.55. The van der Waals surface area contributed by atoms with Crippen LogP contribution in [0.25, 0.3) is 10.9 Å². The van der Waals surface area contributed by atoms with Gasteiger partial charge in [-0.3, -0.25) is 14.7 Å². The van der Waals surface area contributed by atoms with E-state index in [-0.39, 0.29) is 5.91 Å². The number of nitrogens with one attached hydrogen (secondary N) is 1. The minimum atomic E-state index is 0.0235. The van der Waals surface area contributed by atoms with E-state index in [4.69, 9.17) is 11.6 Å². The second-order valence-corrected chi connectivity index (χ2v) is 7.42. The summed E-state index contributed by atoms with van der Waals surface area (Å²) in [5.74, 6) is 0.0235. The van der Waals surface area contributed by atoms with E-state index >= 15 is 0 Å². The highest BCUT2D eigenvalue weighted by atomic mass is 35.5. The summed E-state index contributed by atoms with van der Waals surface area (Å²) in [4.78, 5) is 21.5. The summed E-state index contributed by atoms with van der Waals surface area (Å²) in [5.41, 5.74) is 2.76. The second-order valence-electron chi connectivity index (χ2n) is 6.99. The smallest absolute Gasteiger partial charge is 0.225 e. The van der Waals surface area contributed by atoms with Crippen LogP contribution in [0.3, 0.4) is 0 Å². The molecule has 0 saturated carbocycles. The van der Waals surface area contributed by atoms with Crippen molar-refractivity contribution in [2.24, 2.45) is 0 Å². The zero-order chi connectivity index (χ0) is 19.3. The highest BCUT2D eigenvalue weighted by Crippen LogP contribution is 2.22. The van der Waals surface area contributed by atoms with Crippen molar-refractivity contribution in [3.05, 3.63) is 65.8 Å². The molecule has 1 N–H and O–H groups in total. The monoisotopic (exact) mass is 394 g/mol. The number of aromatic nitrogens is 1. The van der Waals surface area contributed by atoms with Gasteiger partial charge < -0.3 is 10.2 Å². The lowest BCUT2D eigenvalue weighted by Crippen LogP contribution is -2.47. The molecule has 5 nitrogen and oxygen atoms in total. The molecule has 1 aromatic heterocycles. The highest BCUT2D eigenvalue weighted by Gasteiger charge is 2.18. The van der Waals surface area contributed by atoms with Crippen LogP contribution in [-0.2, 0) is 4.79 Å². The Labute approximate surface area is 169 Å². The zero-order valence-corrected chi connectivity index (χ0v) is 16.4. The van der Waals surface area contributed by atoms with Crippen LogP contribution in [0, 0.1) is 0 Å². The Morgan fingerprint density at radius 3 is 2.64 bits per heavy atom. The van der Waals surface area contributed by atoms with Crippen LogP contribution in [0.15, 0.2) is 60.8 Å². The number of benzene rings is 2. The average molecular weight is 395 g/mol. The summed E-state index contributed by atoms with van der Waals surface area (Å²) in [6.45, 7) is 4.52. The zero-order valence-electron chi connectivity index (χ0n) is 15.6. The molecule has 1 aliphatic rings. The maximum Gasteiger partial charge on any atom is 0.225 e. The number of nitrogens with zero attached hydrogens (tertiary/aromatic N) is 3. The van der Waals surface area contributed by atoms with Crippen molar-refractivity contribution in [2.75, 3.05) is 42.9 Å². The van der Waals surface area contributed by atoms with Gasteiger partial charge in [0.25, 0.3) is 0 Å². The van der Waals surface area contributed by atoms with Crippen LogP contribution in [0.5, 0.6) is 0 Å². The Hall–Kier alpha value is -2.63. The molecule has 0 aliphatic carbocycles. The first-order chi connectivity index (χ1) is 13.7. The number of piperazine rings is 1. The number of pyridine rings is 1. The van der Waals surface area contributed by atoms with Crippen LogP contribution < -0.4 is 10.2 Å². The first kappa shape index (κ1) is 18.7. The Morgan fingerprint density at radius 2 is 1.82 bits per heavy atom. The fourth-order valence-corrected chi connectivity index (χ4v) is 3.76. The maximum absolute atomic E-state index is 12.4. The predicted molar refractivity (Wildman–Crippen MR) is 115 cm³/mol. The van der Waals surface area contributed by atoms with Gasteiger partial charge in [-0.1, -0.05) is 35.9 Å². The van der Waals surface area contributed by atoms with Crippen molar-refractivity contribution in [1.82, 2.24) is 9.88 Å². The van der Waals surface area contributed by atoms with E-state index in [0.29, 0.717) is 6.42 Å². The van der Waals surface area contributed by atoms with E-state index in [1.54, 1.807) is 6.20 Å². The molecule has 1 fully saturated rings. The van der Waals surface area contributed by atoms with Gasteiger partial charge in [0.1, 0.15) is 0 Å². The van der Waals surface area contributed by atoms with Crippen molar-refractivity contribution in [3.63, 3.8) is 0 Å². The van der Waals surface area contributed by atoms with E-state index in [2.05, 4.69) is 26.2 Å². The van der Waals surface area contributed by atoms with Crippen molar-refractivity contribution in [3.8, 4) is 0 Å². The molecule has 1 aliphatic heterocycles. The standard InChI is InChI=1S/C22H23ClN4O/c23-18-6-2-7-19(16-18)27-14-12-26(13-15-27)11-9-21(28)25-20-8-1-4-17-5-3-10-24-22(17)20/h1-8,10,16H,9,11-15H2,(H,25,28). The Balaban J connectivity index is 1.28. The summed E-state index contributed by atoms with van der Waals surface area (Å²) in [5, 5.41) is 4.80. The summed E-state index contributed by atoms with van der Waals surface area (Å²) < 4.78 is 0. The first-order valence-corrected chi connectivity index (χ1v) is 9.93. The van der Waals surface area contributed by atoms with Crippen molar-refractivity contribution < 1.29 is 4.79 Å². The normalized spacial score (nSPS) is 15.0. The van der Waals surface area contributed by atoms with E-state index in [9.17, 15) is 4.79 Å². The predicted octanol–water partition coefficient (Wildman–Crippen LogP) is 4.04. The maximum atomic E-state index is 12.4. The third-order valence-corrected chi connectivity index (χ3v) is 5.34. The summed E-state index contributed by atoms with van der Waals surface area (Å²) in [6, 6.07) is 17.7. The lowest BCUT2D eigenvalue weighted by molar-refractivity contribution is -0.116. The lowest BCUT2D eigenvalue weighted by Gasteiger charge is -2.36. The Kier molecular flexibility index (Phi) is 5.74. The summed E-state index contributed by atoms with van der Waals surface area (Å²) in [7, 11) is 0. The van der Waals surface area contributed by atoms with E-state index < -0.39 is 0 Å². The molecule has 1 amide bonds.